The standard InChI is InChI=1S/C52H38OSi2/c1-7-19-45(20-8-1)47-35-31-43(32-36-47)39-41-54(49-23-11-3-12-24-49,50-25-13-4-14-26-50)53-55(51-27-15-5-16-28-51,52-29-17-6-18-30-52)42-40-44-33-37-48(38-34-44)46-21-9-2-10-22-46/h1-38H. The molecule has 0 unspecified atom stereocenters. The van der Waals surface area contributed by atoms with Crippen LogP contribution in [-0.4, -0.2) is 16.6 Å². The van der Waals surface area contributed by atoms with Gasteiger partial charge in [0.05, 0.1) is 0 Å². The van der Waals surface area contributed by atoms with Gasteiger partial charge in [0.25, 0.3) is 0 Å². The number of hydrogen-bond donors (Lipinski definition) is 0. The van der Waals surface area contributed by atoms with Crippen LogP contribution in [0.2, 0.25) is 0 Å². The summed E-state index contributed by atoms with van der Waals surface area (Å²) >= 11 is 0. The van der Waals surface area contributed by atoms with Crippen LogP contribution in [0.3, 0.4) is 0 Å². The number of rotatable bonds is 8. The van der Waals surface area contributed by atoms with E-state index >= 15 is 0 Å². The molecular weight excluding hydrogens is 697 g/mol. The Labute approximate surface area is 326 Å². The molecule has 0 saturated carbocycles. The molecule has 0 spiro atoms. The van der Waals surface area contributed by atoms with Gasteiger partial charge in [-0.3, -0.25) is 0 Å². The lowest BCUT2D eigenvalue weighted by Crippen LogP contribution is -2.72. The van der Waals surface area contributed by atoms with E-state index in [-0.39, 0.29) is 0 Å². The molecule has 0 bridgehead atoms. The summed E-state index contributed by atoms with van der Waals surface area (Å²) in [5.74, 6) is 7.29. The normalized spacial score (nSPS) is 11.1. The van der Waals surface area contributed by atoms with Gasteiger partial charge in [-0.05, 0) is 67.3 Å². The monoisotopic (exact) mass is 734 g/mol. The van der Waals surface area contributed by atoms with Gasteiger partial charge >= 0.3 is 16.6 Å². The van der Waals surface area contributed by atoms with E-state index < -0.39 is 16.6 Å². The van der Waals surface area contributed by atoms with Crippen LogP contribution in [0.25, 0.3) is 22.3 Å². The third-order valence-electron chi connectivity index (χ3n) is 9.78. The van der Waals surface area contributed by atoms with Crippen molar-refractivity contribution in [3.63, 3.8) is 0 Å². The number of benzene rings is 8. The highest BCUT2D eigenvalue weighted by Crippen LogP contribution is 2.22. The van der Waals surface area contributed by atoms with Crippen LogP contribution in [-0.2, 0) is 4.12 Å². The lowest BCUT2D eigenvalue weighted by Gasteiger charge is -2.37. The fourth-order valence-electron chi connectivity index (χ4n) is 6.90. The minimum Gasteiger partial charge on any atom is -0.424 e. The van der Waals surface area contributed by atoms with Crippen LogP contribution in [0.4, 0.5) is 0 Å². The largest absolute Gasteiger partial charge is 0.424 e. The van der Waals surface area contributed by atoms with Crippen molar-refractivity contribution in [2.45, 2.75) is 0 Å². The van der Waals surface area contributed by atoms with Gasteiger partial charge in [-0.2, -0.15) is 0 Å². The second kappa shape index (κ2) is 16.5. The van der Waals surface area contributed by atoms with Crippen LogP contribution in [0.15, 0.2) is 231 Å². The van der Waals surface area contributed by atoms with Crippen LogP contribution in [0.5, 0.6) is 0 Å². The molecule has 0 aliphatic heterocycles. The molecule has 0 heterocycles. The molecule has 8 aromatic rings. The lowest BCUT2D eigenvalue weighted by molar-refractivity contribution is 0.603. The second-order valence-corrected chi connectivity index (χ2v) is 19.7. The molecule has 8 rings (SSSR count). The van der Waals surface area contributed by atoms with Gasteiger partial charge in [-0.15, -0.1) is 0 Å². The van der Waals surface area contributed by atoms with Crippen LogP contribution in [0.1, 0.15) is 11.1 Å². The molecule has 0 saturated heterocycles. The highest BCUT2D eigenvalue weighted by molar-refractivity contribution is 7.14. The van der Waals surface area contributed by atoms with E-state index in [1.807, 2.05) is 12.1 Å². The fraction of sp³-hybridized carbons (Fsp3) is 0. The quantitative estimate of drug-likeness (QED) is 0.112. The van der Waals surface area contributed by atoms with Crippen LogP contribution in [0, 0.1) is 22.9 Å². The van der Waals surface area contributed by atoms with Crippen molar-refractivity contribution in [3.05, 3.63) is 242 Å². The Balaban J connectivity index is 1.34. The Morgan fingerprint density at radius 3 is 0.764 bits per heavy atom. The van der Waals surface area contributed by atoms with Crippen molar-refractivity contribution >= 4 is 37.4 Å². The van der Waals surface area contributed by atoms with Gasteiger partial charge in [0.2, 0.25) is 0 Å². The molecule has 3 heteroatoms. The highest BCUT2D eigenvalue weighted by Gasteiger charge is 2.50. The van der Waals surface area contributed by atoms with E-state index in [4.69, 9.17) is 4.12 Å². The van der Waals surface area contributed by atoms with Gasteiger partial charge in [0, 0.05) is 11.1 Å². The van der Waals surface area contributed by atoms with Crippen LogP contribution >= 0.6 is 0 Å². The molecule has 0 amide bonds. The molecule has 0 atom stereocenters. The van der Waals surface area contributed by atoms with E-state index in [2.05, 4.69) is 241 Å². The van der Waals surface area contributed by atoms with E-state index in [9.17, 15) is 0 Å². The summed E-state index contributed by atoms with van der Waals surface area (Å²) in [6.07, 6.45) is 0. The third kappa shape index (κ3) is 7.83. The molecule has 55 heavy (non-hydrogen) atoms. The smallest absolute Gasteiger partial charge is 0.328 e. The number of hydrogen-bond acceptors (Lipinski definition) is 1. The average Bonchev–Trinajstić information content (AvgIpc) is 3.28. The van der Waals surface area contributed by atoms with E-state index in [0.717, 1.165) is 43.0 Å². The third-order valence-corrected chi connectivity index (χ3v) is 17.8. The summed E-state index contributed by atoms with van der Waals surface area (Å²) in [4.78, 5) is 0. The maximum absolute atomic E-state index is 8.13. The second-order valence-electron chi connectivity index (χ2n) is 13.3. The first-order chi connectivity index (χ1) is 27.2. The molecule has 0 aliphatic carbocycles. The minimum atomic E-state index is -3.40. The molecule has 0 fully saturated rings. The summed E-state index contributed by atoms with van der Waals surface area (Å²) in [7, 11) is -6.80. The van der Waals surface area contributed by atoms with Crippen molar-refractivity contribution in [3.8, 4) is 45.2 Å². The molecule has 0 N–H and O–H groups in total. The van der Waals surface area contributed by atoms with Gasteiger partial charge in [0.15, 0.2) is 0 Å². The molecule has 0 aromatic heterocycles. The first-order valence-electron chi connectivity index (χ1n) is 18.5. The molecular formula is C52H38OSi2. The zero-order valence-electron chi connectivity index (χ0n) is 30.3. The topological polar surface area (TPSA) is 9.23 Å². The van der Waals surface area contributed by atoms with E-state index in [1.54, 1.807) is 0 Å². The zero-order valence-corrected chi connectivity index (χ0v) is 32.3. The predicted octanol–water partition coefficient (Wildman–Crippen LogP) is 9.04. The first kappa shape index (κ1) is 35.3. The Hall–Kier alpha value is -6.73. The van der Waals surface area contributed by atoms with Crippen molar-refractivity contribution in [1.29, 1.82) is 0 Å². The Bertz CT molecular complexity index is 2310. The molecule has 0 radical (unpaired) electrons. The van der Waals surface area contributed by atoms with Gasteiger partial charge in [-0.1, -0.05) is 229 Å². The van der Waals surface area contributed by atoms with Crippen molar-refractivity contribution < 1.29 is 4.12 Å². The Morgan fingerprint density at radius 2 is 0.491 bits per heavy atom. The Morgan fingerprint density at radius 1 is 0.255 bits per heavy atom. The molecule has 8 aromatic carbocycles. The fourth-order valence-corrected chi connectivity index (χ4v) is 15.6. The van der Waals surface area contributed by atoms with Gasteiger partial charge in [0.1, 0.15) is 0 Å². The molecule has 0 aliphatic rings. The first-order valence-corrected chi connectivity index (χ1v) is 22.3. The zero-order chi connectivity index (χ0) is 37.2. The van der Waals surface area contributed by atoms with E-state index in [1.165, 1.54) is 11.1 Å². The SMILES string of the molecule is C(#C[Si](O[Si](C#Cc1ccc(-c2ccccc2)cc1)(c1ccccc1)c1ccccc1)(c1ccccc1)c1ccccc1)c1ccc(-c2ccccc2)cc1. The maximum Gasteiger partial charge on any atom is 0.328 e. The van der Waals surface area contributed by atoms with Gasteiger partial charge in [-0.25, -0.2) is 0 Å². The minimum absolute atomic E-state index is 0.934. The van der Waals surface area contributed by atoms with Crippen molar-refractivity contribution in [2.75, 3.05) is 0 Å². The maximum atomic E-state index is 8.13. The summed E-state index contributed by atoms with van der Waals surface area (Å²) < 4.78 is 8.13. The summed E-state index contributed by atoms with van der Waals surface area (Å²) in [5.41, 5.74) is 14.3. The van der Waals surface area contributed by atoms with Gasteiger partial charge < -0.3 is 4.12 Å². The van der Waals surface area contributed by atoms with Crippen LogP contribution < -0.4 is 20.7 Å². The van der Waals surface area contributed by atoms with Crippen molar-refractivity contribution in [1.82, 2.24) is 0 Å². The Kier molecular flexibility index (Phi) is 10.6. The summed E-state index contributed by atoms with van der Waals surface area (Å²) in [6.45, 7) is 0. The molecule has 260 valence electrons. The average molecular weight is 735 g/mol. The van der Waals surface area contributed by atoms with Crippen molar-refractivity contribution in [2.24, 2.45) is 0 Å². The van der Waals surface area contributed by atoms with E-state index in [0.29, 0.717) is 0 Å². The summed E-state index contributed by atoms with van der Waals surface area (Å²) in [6, 6.07) is 80.3. The predicted molar refractivity (Wildman–Crippen MR) is 234 cm³/mol. The lowest BCUT2D eigenvalue weighted by atomic mass is 10.0. The highest BCUT2D eigenvalue weighted by atomic mass is 28.4. The summed E-state index contributed by atoms with van der Waals surface area (Å²) in [5, 5.41) is 4.31. The molecule has 1 nitrogen and oxygen atoms in total.